The first-order chi connectivity index (χ1) is 14.0. The van der Waals surface area contributed by atoms with E-state index in [-0.39, 0.29) is 24.9 Å². The molecule has 0 saturated carbocycles. The molecule has 0 spiro atoms. The van der Waals surface area contributed by atoms with Crippen molar-refractivity contribution < 1.29 is 9.59 Å². The number of anilines is 1. The van der Waals surface area contributed by atoms with Gasteiger partial charge in [0.15, 0.2) is 0 Å². The number of nitrogens with zero attached hydrogens (tertiary/aromatic N) is 5. The second-order valence-electron chi connectivity index (χ2n) is 6.46. The number of para-hydroxylation sites is 1. The molecule has 1 heterocycles. The molecule has 0 unspecified atom stereocenters. The fourth-order valence-electron chi connectivity index (χ4n) is 2.71. The minimum atomic E-state index is -0.302. The van der Waals surface area contributed by atoms with Gasteiger partial charge in [-0.3, -0.25) is 9.59 Å². The number of likely N-dealkylation sites (N-methyl/N-ethyl adjacent to an activating group) is 1. The van der Waals surface area contributed by atoms with Crippen molar-refractivity contribution >= 4 is 29.1 Å². The highest BCUT2D eigenvalue weighted by molar-refractivity contribution is 6.30. The first-order valence-electron chi connectivity index (χ1n) is 9.11. The topological polar surface area (TPSA) is 93.0 Å². The SMILES string of the molecule is CCc1ccccc1NC(=O)CN(C)C(=O)Cn1nnc(-c2ccc(Cl)cc2)n1. The lowest BCUT2D eigenvalue weighted by Crippen LogP contribution is -2.37. The van der Waals surface area contributed by atoms with E-state index in [1.807, 2.05) is 31.2 Å². The van der Waals surface area contributed by atoms with Crippen LogP contribution in [0.15, 0.2) is 48.5 Å². The van der Waals surface area contributed by atoms with Crippen LogP contribution in [0.4, 0.5) is 5.69 Å². The van der Waals surface area contributed by atoms with Gasteiger partial charge in [0.2, 0.25) is 17.6 Å². The quantitative estimate of drug-likeness (QED) is 0.644. The van der Waals surface area contributed by atoms with E-state index in [4.69, 9.17) is 11.6 Å². The van der Waals surface area contributed by atoms with Crippen LogP contribution in [0.2, 0.25) is 5.02 Å². The van der Waals surface area contributed by atoms with Crippen molar-refractivity contribution in [3.63, 3.8) is 0 Å². The van der Waals surface area contributed by atoms with Crippen molar-refractivity contribution in [2.45, 2.75) is 19.9 Å². The molecule has 0 atom stereocenters. The van der Waals surface area contributed by atoms with Crippen molar-refractivity contribution in [1.82, 2.24) is 25.1 Å². The van der Waals surface area contributed by atoms with Crippen molar-refractivity contribution in [3.8, 4) is 11.4 Å². The zero-order chi connectivity index (χ0) is 20.8. The molecular formula is C20H21ClN6O2. The number of aromatic nitrogens is 4. The molecule has 3 rings (SSSR count). The molecule has 0 fully saturated rings. The predicted octanol–water partition coefficient (Wildman–Crippen LogP) is 2.65. The van der Waals surface area contributed by atoms with Crippen molar-refractivity contribution in [3.05, 3.63) is 59.1 Å². The van der Waals surface area contributed by atoms with Gasteiger partial charge in [0, 0.05) is 23.3 Å². The van der Waals surface area contributed by atoms with Crippen molar-refractivity contribution in [2.24, 2.45) is 0 Å². The number of carbonyl (C=O) groups is 2. The monoisotopic (exact) mass is 412 g/mol. The molecule has 29 heavy (non-hydrogen) atoms. The van der Waals surface area contributed by atoms with E-state index in [2.05, 4.69) is 20.7 Å². The molecule has 150 valence electrons. The fourth-order valence-corrected chi connectivity index (χ4v) is 2.84. The zero-order valence-corrected chi connectivity index (χ0v) is 16.9. The van der Waals surface area contributed by atoms with Gasteiger partial charge in [0.25, 0.3) is 0 Å². The van der Waals surface area contributed by atoms with E-state index in [9.17, 15) is 9.59 Å². The van der Waals surface area contributed by atoms with Gasteiger partial charge in [-0.15, -0.1) is 10.2 Å². The molecule has 9 heteroatoms. The Morgan fingerprint density at radius 2 is 1.86 bits per heavy atom. The molecular weight excluding hydrogens is 392 g/mol. The minimum Gasteiger partial charge on any atom is -0.335 e. The maximum Gasteiger partial charge on any atom is 0.246 e. The highest BCUT2D eigenvalue weighted by atomic mass is 35.5. The van der Waals surface area contributed by atoms with Crippen molar-refractivity contribution in [2.75, 3.05) is 18.9 Å². The third kappa shape index (κ3) is 5.39. The summed E-state index contributed by atoms with van der Waals surface area (Å²) in [6.45, 7) is 1.83. The average Bonchev–Trinajstić information content (AvgIpc) is 3.17. The maximum atomic E-state index is 12.4. The number of hydrogen-bond acceptors (Lipinski definition) is 5. The second kappa shape index (κ2) is 9.29. The summed E-state index contributed by atoms with van der Waals surface area (Å²) >= 11 is 5.87. The Bertz CT molecular complexity index is 1000. The summed E-state index contributed by atoms with van der Waals surface area (Å²) in [5, 5.41) is 15.5. The molecule has 0 radical (unpaired) electrons. The zero-order valence-electron chi connectivity index (χ0n) is 16.2. The lowest BCUT2D eigenvalue weighted by Gasteiger charge is -2.17. The summed E-state index contributed by atoms with van der Waals surface area (Å²) in [5.74, 6) is -0.176. The van der Waals surface area contributed by atoms with E-state index in [0.717, 1.165) is 23.2 Å². The summed E-state index contributed by atoms with van der Waals surface area (Å²) in [4.78, 5) is 27.2. The van der Waals surface area contributed by atoms with Crippen LogP contribution in [0.3, 0.4) is 0 Å². The molecule has 0 saturated heterocycles. The molecule has 1 aromatic heterocycles. The highest BCUT2D eigenvalue weighted by Crippen LogP contribution is 2.17. The van der Waals surface area contributed by atoms with Gasteiger partial charge in [0.05, 0.1) is 6.54 Å². The molecule has 8 nitrogen and oxygen atoms in total. The number of carbonyl (C=O) groups excluding carboxylic acids is 2. The Labute approximate surface area is 173 Å². The molecule has 3 aromatic rings. The summed E-state index contributed by atoms with van der Waals surface area (Å²) in [6.07, 6.45) is 0.805. The number of nitrogens with one attached hydrogen (secondary N) is 1. The third-order valence-electron chi connectivity index (χ3n) is 4.31. The third-order valence-corrected chi connectivity index (χ3v) is 4.56. The molecule has 0 aliphatic rings. The van der Waals surface area contributed by atoms with Crippen LogP contribution < -0.4 is 5.32 Å². The number of aryl methyl sites for hydroxylation is 1. The van der Waals surface area contributed by atoms with Crippen LogP contribution in [0.5, 0.6) is 0 Å². The molecule has 0 aliphatic carbocycles. The van der Waals surface area contributed by atoms with Crippen LogP contribution in [0.1, 0.15) is 12.5 Å². The summed E-state index contributed by atoms with van der Waals surface area (Å²) in [5.41, 5.74) is 2.54. The Morgan fingerprint density at radius 1 is 1.14 bits per heavy atom. The number of hydrogen-bond donors (Lipinski definition) is 1. The van der Waals surface area contributed by atoms with E-state index in [1.165, 1.54) is 9.70 Å². The molecule has 2 aromatic carbocycles. The fraction of sp³-hybridized carbons (Fsp3) is 0.250. The smallest absolute Gasteiger partial charge is 0.246 e. The number of benzene rings is 2. The Kier molecular flexibility index (Phi) is 6.56. The number of amides is 2. The highest BCUT2D eigenvalue weighted by Gasteiger charge is 2.16. The predicted molar refractivity (Wildman–Crippen MR) is 110 cm³/mol. The van der Waals surface area contributed by atoms with Crippen LogP contribution in [0.25, 0.3) is 11.4 Å². The molecule has 0 bridgehead atoms. The van der Waals surface area contributed by atoms with Gasteiger partial charge in [0.1, 0.15) is 6.54 Å². The lowest BCUT2D eigenvalue weighted by atomic mass is 10.1. The van der Waals surface area contributed by atoms with E-state index >= 15 is 0 Å². The Balaban J connectivity index is 1.56. The number of tetrazole rings is 1. The molecule has 1 N–H and O–H groups in total. The van der Waals surface area contributed by atoms with E-state index in [0.29, 0.717) is 10.8 Å². The van der Waals surface area contributed by atoms with Gasteiger partial charge in [-0.05, 0) is 47.5 Å². The van der Waals surface area contributed by atoms with E-state index in [1.54, 1.807) is 31.3 Å². The largest absolute Gasteiger partial charge is 0.335 e. The summed E-state index contributed by atoms with van der Waals surface area (Å²) < 4.78 is 0. The van der Waals surface area contributed by atoms with Crippen LogP contribution in [-0.4, -0.2) is 50.5 Å². The molecule has 2 amide bonds. The van der Waals surface area contributed by atoms with Gasteiger partial charge in [-0.25, -0.2) is 0 Å². The van der Waals surface area contributed by atoms with Gasteiger partial charge in [-0.2, -0.15) is 4.80 Å². The van der Waals surface area contributed by atoms with Gasteiger partial charge < -0.3 is 10.2 Å². The summed E-state index contributed by atoms with van der Waals surface area (Å²) in [6, 6.07) is 14.6. The normalized spacial score (nSPS) is 10.6. The van der Waals surface area contributed by atoms with Crippen LogP contribution in [0, 0.1) is 0 Å². The van der Waals surface area contributed by atoms with Crippen molar-refractivity contribution in [1.29, 1.82) is 0 Å². The average molecular weight is 413 g/mol. The number of rotatable bonds is 7. The molecule has 0 aliphatic heterocycles. The first kappa shape index (κ1) is 20.5. The number of halogens is 1. The second-order valence-corrected chi connectivity index (χ2v) is 6.90. The van der Waals surface area contributed by atoms with E-state index < -0.39 is 0 Å². The lowest BCUT2D eigenvalue weighted by molar-refractivity contribution is -0.134. The first-order valence-corrected chi connectivity index (χ1v) is 9.49. The standard InChI is InChI=1S/C20H21ClN6O2/c1-3-14-6-4-5-7-17(14)22-18(28)12-26(2)19(29)13-27-24-20(23-25-27)15-8-10-16(21)11-9-15/h4-11H,3,12-13H2,1-2H3,(H,22,28). The Morgan fingerprint density at radius 3 is 2.59 bits per heavy atom. The van der Waals surface area contributed by atoms with Gasteiger partial charge >= 0.3 is 0 Å². The maximum absolute atomic E-state index is 12.4. The Hall–Kier alpha value is -3.26. The summed E-state index contributed by atoms with van der Waals surface area (Å²) in [7, 11) is 1.56. The van der Waals surface area contributed by atoms with Gasteiger partial charge in [-0.1, -0.05) is 36.7 Å². The minimum absolute atomic E-state index is 0.0738. The van der Waals surface area contributed by atoms with Crippen LogP contribution >= 0.6 is 11.6 Å². The van der Waals surface area contributed by atoms with Crippen LogP contribution in [-0.2, 0) is 22.6 Å².